The summed E-state index contributed by atoms with van der Waals surface area (Å²) in [6.07, 6.45) is 7.38. The van der Waals surface area contributed by atoms with Crippen molar-refractivity contribution in [2.45, 2.75) is 35.7 Å². The average molecular weight is 259 g/mol. The van der Waals surface area contributed by atoms with Crippen LogP contribution in [0.25, 0.3) is 0 Å². The molecule has 2 aromatic rings. The molecule has 1 atom stereocenters. The van der Waals surface area contributed by atoms with Crippen LogP contribution in [-0.2, 0) is 6.42 Å². The van der Waals surface area contributed by atoms with Gasteiger partial charge in [0.25, 0.3) is 0 Å². The number of rotatable bonds is 5. The lowest BCUT2D eigenvalue weighted by atomic mass is 10.1. The summed E-state index contributed by atoms with van der Waals surface area (Å²) in [6.45, 7) is 2.10. The van der Waals surface area contributed by atoms with Gasteiger partial charge in [-0.25, -0.2) is 4.98 Å². The molecule has 0 aromatic carbocycles. The van der Waals surface area contributed by atoms with Crippen molar-refractivity contribution in [2.75, 3.05) is 0 Å². The predicted molar refractivity (Wildman–Crippen MR) is 74.6 cm³/mol. The molecule has 2 rings (SSSR count). The Morgan fingerprint density at radius 2 is 2.00 bits per heavy atom. The van der Waals surface area contributed by atoms with Gasteiger partial charge in [-0.2, -0.15) is 0 Å². The van der Waals surface area contributed by atoms with E-state index in [4.69, 9.17) is 5.73 Å². The zero-order valence-corrected chi connectivity index (χ0v) is 11.2. The molecule has 0 spiro atoms. The SMILES string of the molecule is CCC(N)Cc1ccc(Sc2ccncc2)nc1. The van der Waals surface area contributed by atoms with E-state index in [0.29, 0.717) is 0 Å². The minimum absolute atomic E-state index is 0.227. The summed E-state index contributed by atoms with van der Waals surface area (Å²) in [5.74, 6) is 0. The number of pyridine rings is 2. The van der Waals surface area contributed by atoms with E-state index in [2.05, 4.69) is 23.0 Å². The van der Waals surface area contributed by atoms with Crippen molar-refractivity contribution in [1.82, 2.24) is 9.97 Å². The fourth-order valence-electron chi connectivity index (χ4n) is 1.57. The molecule has 3 nitrogen and oxygen atoms in total. The zero-order chi connectivity index (χ0) is 12.8. The largest absolute Gasteiger partial charge is 0.327 e. The van der Waals surface area contributed by atoms with Crippen molar-refractivity contribution in [3.8, 4) is 0 Å². The van der Waals surface area contributed by atoms with Crippen LogP contribution in [0.2, 0.25) is 0 Å². The maximum absolute atomic E-state index is 5.93. The van der Waals surface area contributed by atoms with E-state index in [0.717, 1.165) is 22.8 Å². The van der Waals surface area contributed by atoms with Gasteiger partial charge in [-0.05, 0) is 36.6 Å². The van der Waals surface area contributed by atoms with Gasteiger partial charge in [-0.15, -0.1) is 0 Å². The van der Waals surface area contributed by atoms with Crippen LogP contribution in [0, 0.1) is 0 Å². The summed E-state index contributed by atoms with van der Waals surface area (Å²) in [6, 6.07) is 8.33. The van der Waals surface area contributed by atoms with Crippen LogP contribution in [0.1, 0.15) is 18.9 Å². The molecule has 94 valence electrons. The second-order valence-corrected chi connectivity index (χ2v) is 5.26. The Morgan fingerprint density at radius 3 is 2.61 bits per heavy atom. The Balaban J connectivity index is 2.00. The third kappa shape index (κ3) is 3.82. The Bertz CT molecular complexity index is 470. The standard InChI is InChI=1S/C14H17N3S/c1-2-12(15)9-11-3-4-14(17-10-11)18-13-5-7-16-8-6-13/h3-8,10,12H,2,9,15H2,1H3. The number of nitrogens with two attached hydrogens (primary N) is 1. The van der Waals surface area contributed by atoms with E-state index in [9.17, 15) is 0 Å². The predicted octanol–water partition coefficient (Wildman–Crippen LogP) is 2.91. The number of hydrogen-bond acceptors (Lipinski definition) is 4. The molecule has 2 heterocycles. The summed E-state index contributed by atoms with van der Waals surface area (Å²) in [5, 5.41) is 0.995. The molecule has 0 saturated heterocycles. The fraction of sp³-hybridized carbons (Fsp3) is 0.286. The summed E-state index contributed by atoms with van der Waals surface area (Å²) in [5.41, 5.74) is 7.12. The lowest BCUT2D eigenvalue weighted by molar-refractivity contribution is 0.644. The van der Waals surface area contributed by atoms with Crippen LogP contribution in [-0.4, -0.2) is 16.0 Å². The van der Waals surface area contributed by atoms with E-state index in [1.165, 1.54) is 5.56 Å². The highest BCUT2D eigenvalue weighted by Gasteiger charge is 2.03. The van der Waals surface area contributed by atoms with E-state index in [-0.39, 0.29) is 6.04 Å². The van der Waals surface area contributed by atoms with Gasteiger partial charge in [-0.1, -0.05) is 24.8 Å². The average Bonchev–Trinajstić information content (AvgIpc) is 2.42. The molecule has 1 unspecified atom stereocenters. The van der Waals surface area contributed by atoms with Crippen LogP contribution in [0.5, 0.6) is 0 Å². The van der Waals surface area contributed by atoms with E-state index >= 15 is 0 Å². The molecule has 0 saturated carbocycles. The van der Waals surface area contributed by atoms with Crippen LogP contribution < -0.4 is 5.73 Å². The fourth-order valence-corrected chi connectivity index (χ4v) is 2.31. The Hall–Kier alpha value is -1.39. The van der Waals surface area contributed by atoms with Gasteiger partial charge in [0.2, 0.25) is 0 Å². The summed E-state index contributed by atoms with van der Waals surface area (Å²) in [7, 11) is 0. The number of hydrogen-bond donors (Lipinski definition) is 1. The normalized spacial score (nSPS) is 12.3. The quantitative estimate of drug-likeness (QED) is 0.897. The summed E-state index contributed by atoms with van der Waals surface area (Å²) in [4.78, 5) is 9.59. The molecule has 0 aliphatic rings. The van der Waals surface area contributed by atoms with Crippen LogP contribution in [0.3, 0.4) is 0 Å². The first-order valence-electron chi connectivity index (χ1n) is 6.06. The van der Waals surface area contributed by atoms with Crippen molar-refractivity contribution in [2.24, 2.45) is 5.73 Å². The smallest absolute Gasteiger partial charge is 0.101 e. The maximum Gasteiger partial charge on any atom is 0.101 e. The molecule has 0 radical (unpaired) electrons. The summed E-state index contributed by atoms with van der Waals surface area (Å²) < 4.78 is 0. The van der Waals surface area contributed by atoms with Gasteiger partial charge in [0, 0.05) is 29.5 Å². The molecule has 0 amide bonds. The molecule has 0 bridgehead atoms. The Labute approximate surface area is 112 Å². The van der Waals surface area contributed by atoms with Gasteiger partial charge in [0.05, 0.1) is 0 Å². The highest BCUT2D eigenvalue weighted by Crippen LogP contribution is 2.25. The van der Waals surface area contributed by atoms with Crippen LogP contribution in [0.15, 0.2) is 52.8 Å². The molecule has 0 aliphatic heterocycles. The molecule has 0 aliphatic carbocycles. The van der Waals surface area contributed by atoms with Gasteiger partial charge in [-0.3, -0.25) is 4.98 Å². The van der Waals surface area contributed by atoms with Crippen molar-refractivity contribution in [1.29, 1.82) is 0 Å². The highest BCUT2D eigenvalue weighted by molar-refractivity contribution is 7.99. The molecular formula is C14H17N3S. The second-order valence-electron chi connectivity index (χ2n) is 4.16. The second kappa shape index (κ2) is 6.52. The highest BCUT2D eigenvalue weighted by atomic mass is 32.2. The van der Waals surface area contributed by atoms with Crippen LogP contribution >= 0.6 is 11.8 Å². The number of nitrogens with zero attached hydrogens (tertiary/aromatic N) is 2. The van der Waals surface area contributed by atoms with Gasteiger partial charge >= 0.3 is 0 Å². The van der Waals surface area contributed by atoms with E-state index in [1.807, 2.05) is 24.4 Å². The first-order chi connectivity index (χ1) is 8.78. The van der Waals surface area contributed by atoms with Gasteiger partial charge < -0.3 is 5.73 Å². The van der Waals surface area contributed by atoms with Crippen molar-refractivity contribution in [3.05, 3.63) is 48.4 Å². The lowest BCUT2D eigenvalue weighted by Crippen LogP contribution is -2.21. The Kier molecular flexibility index (Phi) is 4.73. The summed E-state index contributed by atoms with van der Waals surface area (Å²) >= 11 is 1.64. The first-order valence-corrected chi connectivity index (χ1v) is 6.88. The van der Waals surface area contributed by atoms with Crippen molar-refractivity contribution >= 4 is 11.8 Å². The maximum atomic E-state index is 5.93. The van der Waals surface area contributed by atoms with E-state index in [1.54, 1.807) is 24.2 Å². The monoisotopic (exact) mass is 259 g/mol. The minimum atomic E-state index is 0.227. The van der Waals surface area contributed by atoms with Crippen LogP contribution in [0.4, 0.5) is 0 Å². The van der Waals surface area contributed by atoms with Crippen molar-refractivity contribution in [3.63, 3.8) is 0 Å². The molecule has 0 fully saturated rings. The topological polar surface area (TPSA) is 51.8 Å². The molecular weight excluding hydrogens is 242 g/mol. The molecule has 2 aromatic heterocycles. The third-order valence-corrected chi connectivity index (χ3v) is 3.65. The third-order valence-electron chi connectivity index (χ3n) is 2.69. The van der Waals surface area contributed by atoms with E-state index < -0.39 is 0 Å². The Morgan fingerprint density at radius 1 is 1.22 bits per heavy atom. The lowest BCUT2D eigenvalue weighted by Gasteiger charge is -2.08. The van der Waals surface area contributed by atoms with Gasteiger partial charge in [0.1, 0.15) is 5.03 Å². The zero-order valence-electron chi connectivity index (χ0n) is 10.4. The minimum Gasteiger partial charge on any atom is -0.327 e. The van der Waals surface area contributed by atoms with Crippen molar-refractivity contribution < 1.29 is 0 Å². The molecule has 18 heavy (non-hydrogen) atoms. The molecule has 4 heteroatoms. The first kappa shape index (κ1) is 13.1. The molecule has 2 N–H and O–H groups in total. The number of aromatic nitrogens is 2. The van der Waals surface area contributed by atoms with Gasteiger partial charge in [0.15, 0.2) is 0 Å².